The number of carbonyl (C=O) groups excluding carboxylic acids is 3. The van der Waals surface area contributed by atoms with Gasteiger partial charge in [-0.05, 0) is 43.5 Å². The quantitative estimate of drug-likeness (QED) is 0.561. The van der Waals surface area contributed by atoms with E-state index >= 15 is 0 Å². The predicted molar refractivity (Wildman–Crippen MR) is 117 cm³/mol. The minimum atomic E-state index is -4.68. The fourth-order valence-electron chi connectivity index (χ4n) is 3.56. The first-order valence-electron chi connectivity index (χ1n) is 10.2. The first kappa shape index (κ1) is 23.7. The second-order valence-corrected chi connectivity index (χ2v) is 8.61. The number of carbonyl (C=O) groups is 3. The molecule has 1 aliphatic rings. The zero-order chi connectivity index (χ0) is 24.6. The number of nitrogens with one attached hydrogen (secondary N) is 1. The van der Waals surface area contributed by atoms with Gasteiger partial charge in [-0.25, -0.2) is 9.50 Å². The number of hydrogen-bond acceptors (Lipinski definition) is 7. The summed E-state index contributed by atoms with van der Waals surface area (Å²) in [6.45, 7) is 3.43. The lowest BCUT2D eigenvalue weighted by Gasteiger charge is -2.13. The van der Waals surface area contributed by atoms with E-state index in [9.17, 15) is 27.6 Å². The molecular formula is C21H19F3N6O3S. The summed E-state index contributed by atoms with van der Waals surface area (Å²) >= 11 is 0.970. The molecule has 3 aromatic rings. The lowest BCUT2D eigenvalue weighted by molar-refractivity contribution is -0.144. The summed E-state index contributed by atoms with van der Waals surface area (Å²) < 4.78 is 39.8. The van der Waals surface area contributed by atoms with Gasteiger partial charge < -0.3 is 5.32 Å². The second kappa shape index (κ2) is 9.05. The van der Waals surface area contributed by atoms with Crippen molar-refractivity contribution >= 4 is 40.3 Å². The van der Waals surface area contributed by atoms with E-state index in [2.05, 4.69) is 20.4 Å². The van der Waals surface area contributed by atoms with Gasteiger partial charge in [0, 0.05) is 23.5 Å². The van der Waals surface area contributed by atoms with Gasteiger partial charge in [-0.15, -0.1) is 5.10 Å². The van der Waals surface area contributed by atoms with Crippen molar-refractivity contribution in [1.82, 2.24) is 24.5 Å². The number of fused-ring (bicyclic) bond motifs is 1. The number of benzene rings is 1. The van der Waals surface area contributed by atoms with E-state index in [0.717, 1.165) is 21.8 Å². The van der Waals surface area contributed by atoms with Crippen LogP contribution in [0.2, 0.25) is 0 Å². The average Bonchev–Trinajstić information content (AvgIpc) is 3.34. The largest absolute Gasteiger partial charge is 0.453 e. The first-order valence-corrected chi connectivity index (χ1v) is 11.2. The third-order valence-corrected chi connectivity index (χ3v) is 6.18. The molecule has 0 spiro atoms. The molecule has 1 N–H and O–H groups in total. The number of alkyl halides is 3. The summed E-state index contributed by atoms with van der Waals surface area (Å²) in [6, 6.07) is 6.77. The Kier molecular flexibility index (Phi) is 6.30. The maximum absolute atomic E-state index is 12.9. The Labute approximate surface area is 195 Å². The lowest BCUT2D eigenvalue weighted by atomic mass is 10.1. The van der Waals surface area contributed by atoms with Crippen LogP contribution in [-0.2, 0) is 28.7 Å². The van der Waals surface area contributed by atoms with Crippen LogP contribution in [0, 0.1) is 13.8 Å². The summed E-state index contributed by atoms with van der Waals surface area (Å²) in [7, 11) is 0. The third-order valence-electron chi connectivity index (χ3n) is 5.32. The molecule has 3 heterocycles. The smallest absolute Gasteiger partial charge is 0.326 e. The van der Waals surface area contributed by atoms with Crippen molar-refractivity contribution in [1.29, 1.82) is 0 Å². The van der Waals surface area contributed by atoms with Crippen molar-refractivity contribution < 1.29 is 27.6 Å². The molecule has 0 aliphatic carbocycles. The van der Waals surface area contributed by atoms with Crippen LogP contribution in [0.15, 0.2) is 24.3 Å². The molecule has 1 aliphatic heterocycles. The standard InChI is InChI=1S/C21H19F3N6O3S/c1-11-15(12(2)30-19(25-11)27-18(28-30)21(22,23)24)7-8-16(31)26-14-5-3-13(4-6-14)9-29-17(32)10-34-20(29)33/h3-6H,7-10H2,1-2H3,(H,26,31). The van der Waals surface area contributed by atoms with Gasteiger partial charge in [0.2, 0.25) is 11.8 Å². The number of thioether (sulfide) groups is 1. The van der Waals surface area contributed by atoms with Gasteiger partial charge in [0.15, 0.2) is 0 Å². The molecule has 0 bridgehead atoms. The van der Waals surface area contributed by atoms with Crippen LogP contribution in [0.5, 0.6) is 0 Å². The number of hydrogen-bond donors (Lipinski definition) is 1. The van der Waals surface area contributed by atoms with E-state index in [0.29, 0.717) is 22.6 Å². The number of nitrogens with zero attached hydrogens (tertiary/aromatic N) is 5. The van der Waals surface area contributed by atoms with E-state index in [4.69, 9.17) is 0 Å². The van der Waals surface area contributed by atoms with E-state index in [1.54, 1.807) is 38.1 Å². The number of halogens is 3. The Balaban J connectivity index is 1.39. The van der Waals surface area contributed by atoms with Crippen LogP contribution in [0.3, 0.4) is 0 Å². The van der Waals surface area contributed by atoms with Crippen LogP contribution in [0.1, 0.15) is 34.8 Å². The predicted octanol–water partition coefficient (Wildman–Crippen LogP) is 3.53. The van der Waals surface area contributed by atoms with Crippen molar-refractivity contribution in [2.24, 2.45) is 0 Å². The summed E-state index contributed by atoms with van der Waals surface area (Å²) in [5.74, 6) is -1.78. The highest BCUT2D eigenvalue weighted by molar-refractivity contribution is 8.14. The molecule has 0 radical (unpaired) electrons. The number of rotatable bonds is 6. The molecule has 0 unspecified atom stereocenters. The zero-order valence-electron chi connectivity index (χ0n) is 18.1. The molecule has 178 valence electrons. The molecule has 2 aromatic heterocycles. The zero-order valence-corrected chi connectivity index (χ0v) is 19.0. The molecule has 1 fully saturated rings. The Morgan fingerprint density at radius 3 is 2.47 bits per heavy atom. The van der Waals surface area contributed by atoms with Gasteiger partial charge in [0.1, 0.15) is 0 Å². The van der Waals surface area contributed by atoms with E-state index in [1.165, 1.54) is 4.90 Å². The van der Waals surface area contributed by atoms with Gasteiger partial charge in [-0.1, -0.05) is 23.9 Å². The highest BCUT2D eigenvalue weighted by Crippen LogP contribution is 2.27. The average molecular weight is 492 g/mol. The summed E-state index contributed by atoms with van der Waals surface area (Å²) in [5, 5.41) is 5.98. The van der Waals surface area contributed by atoms with Crippen molar-refractivity contribution in [2.75, 3.05) is 11.1 Å². The first-order chi connectivity index (χ1) is 16.0. The third kappa shape index (κ3) is 4.88. The monoisotopic (exact) mass is 492 g/mol. The minimum absolute atomic E-state index is 0.0748. The second-order valence-electron chi connectivity index (χ2n) is 7.69. The topological polar surface area (TPSA) is 110 Å². The maximum Gasteiger partial charge on any atom is 0.453 e. The highest BCUT2D eigenvalue weighted by Gasteiger charge is 2.37. The Hall–Kier alpha value is -3.48. The molecule has 9 nitrogen and oxygen atoms in total. The number of anilines is 1. The van der Waals surface area contributed by atoms with Crippen molar-refractivity contribution in [3.8, 4) is 0 Å². The van der Waals surface area contributed by atoms with Gasteiger partial charge >= 0.3 is 6.18 Å². The summed E-state index contributed by atoms with van der Waals surface area (Å²) in [5.41, 5.74) is 2.82. The fraction of sp³-hybridized carbons (Fsp3) is 0.333. The Bertz CT molecular complexity index is 1270. The minimum Gasteiger partial charge on any atom is -0.326 e. The molecule has 0 saturated carbocycles. The van der Waals surface area contributed by atoms with E-state index in [-0.39, 0.29) is 48.0 Å². The molecule has 4 rings (SSSR count). The van der Waals surface area contributed by atoms with Crippen molar-refractivity contribution in [2.45, 2.75) is 39.4 Å². The number of aromatic nitrogens is 4. The molecule has 34 heavy (non-hydrogen) atoms. The van der Waals surface area contributed by atoms with Crippen LogP contribution in [-0.4, -0.2) is 47.3 Å². The summed E-state index contributed by atoms with van der Waals surface area (Å²) in [4.78, 5) is 44.6. The van der Waals surface area contributed by atoms with Crippen LogP contribution >= 0.6 is 11.8 Å². The Morgan fingerprint density at radius 2 is 1.85 bits per heavy atom. The SMILES string of the molecule is Cc1nc2nc(C(F)(F)F)nn2c(C)c1CCC(=O)Nc1ccc(CN2C(=O)CSC2=O)cc1. The fourth-order valence-corrected chi connectivity index (χ4v) is 4.29. The number of imide groups is 1. The molecule has 13 heteroatoms. The maximum atomic E-state index is 12.9. The molecular weight excluding hydrogens is 473 g/mol. The van der Waals surface area contributed by atoms with Crippen molar-refractivity contribution in [3.05, 3.63) is 52.6 Å². The molecule has 1 saturated heterocycles. The van der Waals surface area contributed by atoms with Crippen LogP contribution in [0.4, 0.5) is 23.7 Å². The van der Waals surface area contributed by atoms with Crippen LogP contribution < -0.4 is 5.32 Å². The highest BCUT2D eigenvalue weighted by atomic mass is 32.2. The van der Waals surface area contributed by atoms with Gasteiger partial charge in [0.05, 0.1) is 12.3 Å². The Morgan fingerprint density at radius 1 is 1.15 bits per heavy atom. The van der Waals surface area contributed by atoms with Gasteiger partial charge in [-0.3, -0.25) is 19.3 Å². The summed E-state index contributed by atoms with van der Waals surface area (Å²) in [6.07, 6.45) is -4.35. The number of amides is 3. The lowest BCUT2D eigenvalue weighted by Crippen LogP contribution is -2.27. The van der Waals surface area contributed by atoms with Gasteiger partial charge in [0.25, 0.3) is 16.8 Å². The number of aryl methyl sites for hydroxylation is 2. The van der Waals surface area contributed by atoms with Crippen LogP contribution in [0.25, 0.3) is 5.78 Å². The van der Waals surface area contributed by atoms with E-state index in [1.807, 2.05) is 0 Å². The van der Waals surface area contributed by atoms with Gasteiger partial charge in [-0.2, -0.15) is 18.2 Å². The van der Waals surface area contributed by atoms with Crippen molar-refractivity contribution in [3.63, 3.8) is 0 Å². The van der Waals surface area contributed by atoms with E-state index < -0.39 is 12.0 Å². The normalized spacial score (nSPS) is 14.3. The molecule has 1 aromatic carbocycles. The molecule has 3 amide bonds. The molecule has 0 atom stereocenters.